The second-order valence-corrected chi connectivity index (χ2v) is 7.71. The van der Waals surface area contributed by atoms with Gasteiger partial charge in [-0.2, -0.15) is 0 Å². The highest BCUT2D eigenvalue weighted by Gasteiger charge is 2.27. The van der Waals surface area contributed by atoms with Crippen LogP contribution in [0.1, 0.15) is 27.2 Å². The Morgan fingerprint density at radius 2 is 2.03 bits per heavy atom. The van der Waals surface area contributed by atoms with Gasteiger partial charge in [0.15, 0.2) is 0 Å². The summed E-state index contributed by atoms with van der Waals surface area (Å²) in [6.07, 6.45) is 2.13. The van der Waals surface area contributed by atoms with E-state index in [9.17, 15) is 14.4 Å². The molecule has 1 aromatic carbocycles. The Morgan fingerprint density at radius 1 is 1.23 bits per heavy atom. The van der Waals surface area contributed by atoms with E-state index in [0.717, 1.165) is 16.6 Å². The number of carbonyl (C=O) groups is 2. The van der Waals surface area contributed by atoms with Crippen molar-refractivity contribution < 1.29 is 14.3 Å². The smallest absolute Gasteiger partial charge is 0.263 e. The molecule has 3 heterocycles. The SMILES string of the molecule is COCC(=O)N1CCc2c(cn(C)c(=O)c2C(=O)Nc2cccc3ccc(C)nc23)C1. The molecule has 8 nitrogen and oxygen atoms in total. The summed E-state index contributed by atoms with van der Waals surface area (Å²) in [5.41, 5.74) is 3.29. The number of rotatable bonds is 4. The van der Waals surface area contributed by atoms with Crippen molar-refractivity contribution in [1.29, 1.82) is 0 Å². The summed E-state index contributed by atoms with van der Waals surface area (Å²) in [6.45, 7) is 2.65. The Labute approximate surface area is 179 Å². The van der Waals surface area contributed by atoms with Gasteiger partial charge in [-0.1, -0.05) is 18.2 Å². The summed E-state index contributed by atoms with van der Waals surface area (Å²) in [5, 5.41) is 3.79. The highest BCUT2D eigenvalue weighted by molar-refractivity contribution is 6.09. The first-order valence-electron chi connectivity index (χ1n) is 10.0. The maximum Gasteiger partial charge on any atom is 0.263 e. The van der Waals surface area contributed by atoms with E-state index in [4.69, 9.17) is 4.74 Å². The molecule has 0 fully saturated rings. The molecule has 2 aromatic heterocycles. The molecule has 0 aliphatic carbocycles. The number of nitrogens with one attached hydrogen (secondary N) is 1. The first kappa shape index (κ1) is 20.7. The first-order chi connectivity index (χ1) is 14.9. The van der Waals surface area contributed by atoms with Crippen LogP contribution in [0, 0.1) is 6.92 Å². The summed E-state index contributed by atoms with van der Waals surface area (Å²) < 4.78 is 6.34. The zero-order valence-corrected chi connectivity index (χ0v) is 17.8. The van der Waals surface area contributed by atoms with Crippen LogP contribution in [0.15, 0.2) is 41.3 Å². The molecule has 0 saturated carbocycles. The lowest BCUT2D eigenvalue weighted by atomic mass is 9.96. The molecule has 1 aliphatic rings. The van der Waals surface area contributed by atoms with Gasteiger partial charge in [0.2, 0.25) is 5.91 Å². The van der Waals surface area contributed by atoms with E-state index in [1.54, 1.807) is 24.2 Å². The number of carbonyl (C=O) groups excluding carboxylic acids is 2. The van der Waals surface area contributed by atoms with Crippen molar-refractivity contribution >= 4 is 28.4 Å². The van der Waals surface area contributed by atoms with Crippen LogP contribution < -0.4 is 10.9 Å². The fraction of sp³-hybridized carbons (Fsp3) is 0.304. The third-order valence-corrected chi connectivity index (χ3v) is 5.52. The van der Waals surface area contributed by atoms with Gasteiger partial charge in [0.1, 0.15) is 12.2 Å². The lowest BCUT2D eigenvalue weighted by molar-refractivity contribution is -0.136. The zero-order valence-electron chi connectivity index (χ0n) is 17.8. The van der Waals surface area contributed by atoms with Crippen molar-refractivity contribution in [3.05, 3.63) is 69.3 Å². The van der Waals surface area contributed by atoms with E-state index < -0.39 is 5.91 Å². The van der Waals surface area contributed by atoms with Crippen LogP contribution in [0.5, 0.6) is 0 Å². The van der Waals surface area contributed by atoms with Crippen LogP contribution in [-0.2, 0) is 29.5 Å². The number of benzene rings is 1. The zero-order chi connectivity index (χ0) is 22.1. The van der Waals surface area contributed by atoms with Gasteiger partial charge in [-0.3, -0.25) is 19.4 Å². The number of hydrogen-bond acceptors (Lipinski definition) is 5. The number of pyridine rings is 2. The van der Waals surface area contributed by atoms with Gasteiger partial charge in [-0.15, -0.1) is 0 Å². The molecule has 0 unspecified atom stereocenters. The van der Waals surface area contributed by atoms with Gasteiger partial charge >= 0.3 is 0 Å². The Kier molecular flexibility index (Phi) is 5.56. The second kappa shape index (κ2) is 8.31. The standard InChI is InChI=1S/C23H24N4O4/c1-14-7-8-15-5-4-6-18(21(15)24-14)25-22(29)20-17-9-10-27(19(28)13-31-3)12-16(17)11-26(2)23(20)30/h4-8,11H,9-10,12-13H2,1-3H3,(H,25,29). The van der Waals surface area contributed by atoms with Crippen LogP contribution in [0.2, 0.25) is 0 Å². The molecule has 0 spiro atoms. The van der Waals surface area contributed by atoms with Crippen molar-refractivity contribution in [1.82, 2.24) is 14.5 Å². The average Bonchev–Trinajstić information content (AvgIpc) is 2.75. The molecule has 0 bridgehead atoms. The van der Waals surface area contributed by atoms with E-state index in [1.807, 2.05) is 31.2 Å². The number of fused-ring (bicyclic) bond motifs is 2. The van der Waals surface area contributed by atoms with Crippen molar-refractivity contribution in [2.24, 2.45) is 7.05 Å². The normalized spacial score (nSPS) is 13.2. The first-order valence-corrected chi connectivity index (χ1v) is 10.0. The molecule has 0 atom stereocenters. The number of ether oxygens (including phenoxy) is 1. The van der Waals surface area contributed by atoms with Gasteiger partial charge in [-0.05, 0) is 36.6 Å². The van der Waals surface area contributed by atoms with Crippen LogP contribution in [-0.4, -0.2) is 46.5 Å². The average molecular weight is 420 g/mol. The number of methoxy groups -OCH3 is 1. The molecular weight excluding hydrogens is 396 g/mol. The number of hydrogen-bond donors (Lipinski definition) is 1. The van der Waals surface area contributed by atoms with E-state index in [-0.39, 0.29) is 23.6 Å². The van der Waals surface area contributed by atoms with E-state index in [0.29, 0.717) is 36.3 Å². The van der Waals surface area contributed by atoms with Gasteiger partial charge in [0.25, 0.3) is 11.5 Å². The maximum absolute atomic E-state index is 13.3. The summed E-state index contributed by atoms with van der Waals surface area (Å²) in [7, 11) is 3.09. The monoisotopic (exact) mass is 420 g/mol. The van der Waals surface area contributed by atoms with Crippen LogP contribution in [0.25, 0.3) is 10.9 Å². The summed E-state index contributed by atoms with van der Waals surface area (Å²) in [4.78, 5) is 44.6. The quantitative estimate of drug-likeness (QED) is 0.697. The summed E-state index contributed by atoms with van der Waals surface area (Å²) in [5.74, 6) is -0.588. The Balaban J connectivity index is 1.71. The molecular formula is C23H24N4O4. The number of para-hydroxylation sites is 1. The number of nitrogens with zero attached hydrogens (tertiary/aromatic N) is 3. The fourth-order valence-electron chi connectivity index (χ4n) is 3.98. The minimum atomic E-state index is -0.468. The lowest BCUT2D eigenvalue weighted by Gasteiger charge is -2.30. The maximum atomic E-state index is 13.3. The summed E-state index contributed by atoms with van der Waals surface area (Å²) >= 11 is 0. The molecule has 2 amide bonds. The van der Waals surface area contributed by atoms with E-state index in [1.165, 1.54) is 11.7 Å². The van der Waals surface area contributed by atoms with Gasteiger partial charge < -0.3 is 19.5 Å². The topological polar surface area (TPSA) is 93.5 Å². The predicted octanol–water partition coefficient (Wildman–Crippen LogP) is 2.03. The number of anilines is 1. The van der Waals surface area contributed by atoms with Gasteiger partial charge in [-0.25, -0.2) is 0 Å². The van der Waals surface area contributed by atoms with E-state index >= 15 is 0 Å². The molecule has 31 heavy (non-hydrogen) atoms. The molecule has 4 rings (SSSR count). The molecule has 1 N–H and O–H groups in total. The number of aromatic nitrogens is 2. The minimum Gasteiger partial charge on any atom is -0.375 e. The van der Waals surface area contributed by atoms with Crippen molar-refractivity contribution in [3.63, 3.8) is 0 Å². The minimum absolute atomic E-state index is 0.00192. The van der Waals surface area contributed by atoms with Crippen LogP contribution in [0.4, 0.5) is 5.69 Å². The van der Waals surface area contributed by atoms with Crippen molar-refractivity contribution in [3.8, 4) is 0 Å². The second-order valence-electron chi connectivity index (χ2n) is 7.71. The Hall–Kier alpha value is -3.52. The Morgan fingerprint density at radius 3 is 2.81 bits per heavy atom. The largest absolute Gasteiger partial charge is 0.375 e. The molecule has 0 radical (unpaired) electrons. The lowest BCUT2D eigenvalue weighted by Crippen LogP contribution is -2.41. The molecule has 160 valence electrons. The van der Waals surface area contributed by atoms with Crippen LogP contribution in [0.3, 0.4) is 0 Å². The van der Waals surface area contributed by atoms with E-state index in [2.05, 4.69) is 10.3 Å². The Bertz CT molecular complexity index is 1250. The molecule has 8 heteroatoms. The molecule has 1 aliphatic heterocycles. The summed E-state index contributed by atoms with van der Waals surface area (Å²) in [6, 6.07) is 9.40. The predicted molar refractivity (Wildman–Crippen MR) is 117 cm³/mol. The number of amides is 2. The van der Waals surface area contributed by atoms with Crippen molar-refractivity contribution in [2.75, 3.05) is 25.6 Å². The van der Waals surface area contributed by atoms with Gasteiger partial charge in [0, 0.05) is 44.5 Å². The number of aryl methyl sites for hydroxylation is 2. The third-order valence-electron chi connectivity index (χ3n) is 5.52. The van der Waals surface area contributed by atoms with Crippen molar-refractivity contribution in [2.45, 2.75) is 19.9 Å². The third kappa shape index (κ3) is 3.94. The van der Waals surface area contributed by atoms with Gasteiger partial charge in [0.05, 0.1) is 11.2 Å². The fourth-order valence-corrected chi connectivity index (χ4v) is 3.98. The highest BCUT2D eigenvalue weighted by atomic mass is 16.5. The molecule has 0 saturated heterocycles. The molecule has 3 aromatic rings. The van der Waals surface area contributed by atoms with Crippen LogP contribution >= 0.6 is 0 Å². The highest BCUT2D eigenvalue weighted by Crippen LogP contribution is 2.24.